The van der Waals surface area contributed by atoms with Crippen molar-refractivity contribution in [3.8, 4) is 0 Å². The molecule has 0 unspecified atom stereocenters. The highest BCUT2D eigenvalue weighted by molar-refractivity contribution is 5.75. The first-order chi connectivity index (χ1) is 10.1. The molecule has 112 valence electrons. The molecule has 0 radical (unpaired) electrons. The fourth-order valence-electron chi connectivity index (χ4n) is 1.78. The molecule has 0 atom stereocenters. The number of rotatable bonds is 8. The summed E-state index contributed by atoms with van der Waals surface area (Å²) in [7, 11) is 0. The van der Waals surface area contributed by atoms with Crippen molar-refractivity contribution in [2.45, 2.75) is 25.9 Å². The van der Waals surface area contributed by atoms with Crippen molar-refractivity contribution in [3.05, 3.63) is 41.0 Å². The van der Waals surface area contributed by atoms with Crippen LogP contribution in [0, 0.1) is 10.1 Å². The van der Waals surface area contributed by atoms with Crippen LogP contribution in [0.5, 0.6) is 0 Å². The van der Waals surface area contributed by atoms with Gasteiger partial charge in [0.15, 0.2) is 0 Å². The van der Waals surface area contributed by atoms with Crippen molar-refractivity contribution < 1.29 is 9.72 Å². The van der Waals surface area contributed by atoms with Crippen molar-refractivity contribution in [2.75, 3.05) is 6.54 Å². The Labute approximate surface area is 120 Å². The molecule has 0 fully saturated rings. The molecule has 2 heterocycles. The Hall–Kier alpha value is -2.71. The molecule has 0 spiro atoms. The van der Waals surface area contributed by atoms with Gasteiger partial charge in [-0.15, -0.1) is 0 Å². The SMILES string of the molecule is O=C(CCn1cc([N+](=O)[O-])cn1)NCCCn1cccn1. The first-order valence-corrected chi connectivity index (χ1v) is 6.56. The van der Waals surface area contributed by atoms with Gasteiger partial charge in [-0.2, -0.15) is 10.2 Å². The lowest BCUT2D eigenvalue weighted by Crippen LogP contribution is -2.26. The average molecular weight is 292 g/mol. The first-order valence-electron chi connectivity index (χ1n) is 6.56. The molecular weight excluding hydrogens is 276 g/mol. The Morgan fingerprint density at radius 3 is 2.86 bits per heavy atom. The summed E-state index contributed by atoms with van der Waals surface area (Å²) in [6.45, 7) is 1.63. The standard InChI is InChI=1S/C12H16N6O3/c19-12(13-4-1-6-16-7-2-5-14-16)3-8-17-10-11(9-15-17)18(20)21/h2,5,7,9-10H,1,3-4,6,8H2,(H,13,19). The minimum Gasteiger partial charge on any atom is -0.356 e. The molecule has 1 amide bonds. The van der Waals surface area contributed by atoms with E-state index in [2.05, 4.69) is 15.5 Å². The third-order valence-electron chi connectivity index (χ3n) is 2.84. The number of hydrogen-bond donors (Lipinski definition) is 1. The lowest BCUT2D eigenvalue weighted by Gasteiger charge is -2.05. The number of nitrogens with one attached hydrogen (secondary N) is 1. The summed E-state index contributed by atoms with van der Waals surface area (Å²) in [5.41, 5.74) is -0.0744. The molecular formula is C12H16N6O3. The van der Waals surface area contributed by atoms with Crippen LogP contribution in [-0.4, -0.2) is 36.9 Å². The summed E-state index contributed by atoms with van der Waals surface area (Å²) in [4.78, 5) is 21.6. The van der Waals surface area contributed by atoms with Crippen LogP contribution in [0.4, 0.5) is 5.69 Å². The molecule has 9 heteroatoms. The predicted octanol–water partition coefficient (Wildman–Crippen LogP) is 0.584. The topological polar surface area (TPSA) is 108 Å². The van der Waals surface area contributed by atoms with E-state index in [9.17, 15) is 14.9 Å². The largest absolute Gasteiger partial charge is 0.356 e. The number of nitro groups is 1. The summed E-state index contributed by atoms with van der Waals surface area (Å²) in [5.74, 6) is -0.103. The van der Waals surface area contributed by atoms with Gasteiger partial charge < -0.3 is 5.32 Å². The highest BCUT2D eigenvalue weighted by Gasteiger charge is 2.09. The number of amides is 1. The third kappa shape index (κ3) is 4.71. The van der Waals surface area contributed by atoms with Crippen LogP contribution in [0.1, 0.15) is 12.8 Å². The van der Waals surface area contributed by atoms with E-state index in [1.54, 1.807) is 10.9 Å². The Kier molecular flexibility index (Phi) is 5.02. The van der Waals surface area contributed by atoms with Crippen molar-refractivity contribution in [1.29, 1.82) is 0 Å². The molecule has 0 bridgehead atoms. The molecule has 2 aromatic rings. The van der Waals surface area contributed by atoms with Gasteiger partial charge in [0.05, 0.1) is 4.92 Å². The monoisotopic (exact) mass is 292 g/mol. The quantitative estimate of drug-likeness (QED) is 0.435. The van der Waals surface area contributed by atoms with Crippen LogP contribution >= 0.6 is 0 Å². The highest BCUT2D eigenvalue weighted by Crippen LogP contribution is 2.07. The van der Waals surface area contributed by atoms with E-state index in [-0.39, 0.29) is 18.0 Å². The number of hydrogen-bond acceptors (Lipinski definition) is 5. The van der Waals surface area contributed by atoms with E-state index in [0.717, 1.165) is 13.0 Å². The lowest BCUT2D eigenvalue weighted by atomic mass is 10.3. The van der Waals surface area contributed by atoms with E-state index in [0.29, 0.717) is 13.1 Å². The summed E-state index contributed by atoms with van der Waals surface area (Å²) >= 11 is 0. The minimum absolute atomic E-state index is 0.0744. The summed E-state index contributed by atoms with van der Waals surface area (Å²) in [6.07, 6.45) is 7.09. The number of carbonyl (C=O) groups is 1. The van der Waals surface area contributed by atoms with Crippen LogP contribution in [0.2, 0.25) is 0 Å². The number of aryl methyl sites for hydroxylation is 2. The second-order valence-corrected chi connectivity index (χ2v) is 4.44. The summed E-state index contributed by atoms with van der Waals surface area (Å²) in [5, 5.41) is 21.2. The van der Waals surface area contributed by atoms with Gasteiger partial charge in [0.25, 0.3) is 0 Å². The molecule has 0 saturated carbocycles. The van der Waals surface area contributed by atoms with Gasteiger partial charge in [-0.3, -0.25) is 24.3 Å². The molecule has 0 saturated heterocycles. The fraction of sp³-hybridized carbons (Fsp3) is 0.417. The number of carbonyl (C=O) groups excluding carboxylic acids is 1. The molecule has 0 aliphatic heterocycles. The smallest absolute Gasteiger partial charge is 0.306 e. The maximum Gasteiger partial charge on any atom is 0.306 e. The zero-order valence-electron chi connectivity index (χ0n) is 11.4. The zero-order valence-corrected chi connectivity index (χ0v) is 11.4. The van der Waals surface area contributed by atoms with Gasteiger partial charge in [-0.05, 0) is 12.5 Å². The van der Waals surface area contributed by atoms with Crippen molar-refractivity contribution in [2.24, 2.45) is 0 Å². The van der Waals surface area contributed by atoms with Crippen molar-refractivity contribution in [3.63, 3.8) is 0 Å². The molecule has 0 aromatic carbocycles. The molecule has 0 aliphatic rings. The maximum atomic E-state index is 11.6. The van der Waals surface area contributed by atoms with Gasteiger partial charge >= 0.3 is 5.69 Å². The predicted molar refractivity (Wildman–Crippen MR) is 73.4 cm³/mol. The highest BCUT2D eigenvalue weighted by atomic mass is 16.6. The second-order valence-electron chi connectivity index (χ2n) is 4.44. The summed E-state index contributed by atoms with van der Waals surface area (Å²) in [6, 6.07) is 1.85. The van der Waals surface area contributed by atoms with E-state index in [1.165, 1.54) is 17.1 Å². The Balaban J connectivity index is 1.61. The Morgan fingerprint density at radius 1 is 1.33 bits per heavy atom. The molecule has 2 aromatic heterocycles. The van der Waals surface area contributed by atoms with Crippen LogP contribution in [-0.2, 0) is 17.9 Å². The van der Waals surface area contributed by atoms with E-state index >= 15 is 0 Å². The zero-order chi connectivity index (χ0) is 15.1. The molecule has 21 heavy (non-hydrogen) atoms. The van der Waals surface area contributed by atoms with Gasteiger partial charge in [-0.25, -0.2) is 0 Å². The Bertz CT molecular complexity index is 592. The van der Waals surface area contributed by atoms with E-state index in [1.807, 2.05) is 12.3 Å². The van der Waals surface area contributed by atoms with Crippen molar-refractivity contribution >= 4 is 11.6 Å². The summed E-state index contributed by atoms with van der Waals surface area (Å²) < 4.78 is 3.19. The van der Waals surface area contributed by atoms with Crippen LogP contribution < -0.4 is 5.32 Å². The molecule has 1 N–H and O–H groups in total. The Morgan fingerprint density at radius 2 is 2.19 bits per heavy atom. The first kappa shape index (κ1) is 14.7. The van der Waals surface area contributed by atoms with Gasteiger partial charge in [0, 0.05) is 38.4 Å². The van der Waals surface area contributed by atoms with Crippen LogP contribution in [0.3, 0.4) is 0 Å². The van der Waals surface area contributed by atoms with Crippen LogP contribution in [0.25, 0.3) is 0 Å². The second kappa shape index (κ2) is 7.17. The number of nitrogens with zero attached hydrogens (tertiary/aromatic N) is 5. The molecule has 2 rings (SSSR count). The van der Waals surface area contributed by atoms with Crippen LogP contribution in [0.15, 0.2) is 30.9 Å². The van der Waals surface area contributed by atoms with Crippen molar-refractivity contribution in [1.82, 2.24) is 24.9 Å². The third-order valence-corrected chi connectivity index (χ3v) is 2.84. The van der Waals surface area contributed by atoms with Gasteiger partial charge in [-0.1, -0.05) is 0 Å². The normalized spacial score (nSPS) is 10.5. The minimum atomic E-state index is -0.515. The van der Waals surface area contributed by atoms with E-state index in [4.69, 9.17) is 0 Å². The lowest BCUT2D eigenvalue weighted by molar-refractivity contribution is -0.385. The fourth-order valence-corrected chi connectivity index (χ4v) is 1.78. The van der Waals surface area contributed by atoms with Gasteiger partial charge in [0.2, 0.25) is 5.91 Å². The average Bonchev–Trinajstić information content (AvgIpc) is 3.12. The van der Waals surface area contributed by atoms with E-state index < -0.39 is 4.92 Å². The number of aromatic nitrogens is 4. The maximum absolute atomic E-state index is 11.6. The van der Waals surface area contributed by atoms with Gasteiger partial charge in [0.1, 0.15) is 12.4 Å². The molecule has 0 aliphatic carbocycles. The molecule has 9 nitrogen and oxygen atoms in total.